The lowest BCUT2D eigenvalue weighted by Gasteiger charge is -2.07. The van der Waals surface area contributed by atoms with Gasteiger partial charge in [0.15, 0.2) is 4.96 Å². The van der Waals surface area contributed by atoms with Crippen LogP contribution in [0.5, 0.6) is 5.75 Å². The minimum atomic E-state index is 0.551. The van der Waals surface area contributed by atoms with Crippen molar-refractivity contribution in [2.45, 2.75) is 0 Å². The van der Waals surface area contributed by atoms with E-state index in [2.05, 4.69) is 16.5 Å². The number of benzene rings is 3. The predicted octanol–water partition coefficient (Wildman–Crippen LogP) is 7.20. The molecule has 28 heavy (non-hydrogen) atoms. The molecule has 0 amide bonds. The number of rotatable bonds is 3. The molecular formula is C22H14Cl2N2OS. The van der Waals surface area contributed by atoms with Crippen molar-refractivity contribution >= 4 is 49.7 Å². The molecule has 138 valence electrons. The van der Waals surface area contributed by atoms with Crippen LogP contribution in [0.1, 0.15) is 0 Å². The summed E-state index contributed by atoms with van der Waals surface area (Å²) in [6.45, 7) is 0. The van der Waals surface area contributed by atoms with E-state index in [1.54, 1.807) is 18.4 Å². The highest BCUT2D eigenvalue weighted by atomic mass is 35.5. The van der Waals surface area contributed by atoms with Crippen LogP contribution in [-0.4, -0.2) is 16.5 Å². The number of fused-ring (bicyclic) bond motifs is 3. The average Bonchev–Trinajstić information content (AvgIpc) is 3.28. The molecule has 0 aliphatic carbocycles. The van der Waals surface area contributed by atoms with Gasteiger partial charge < -0.3 is 4.74 Å². The van der Waals surface area contributed by atoms with Crippen molar-refractivity contribution in [3.63, 3.8) is 0 Å². The summed E-state index contributed by atoms with van der Waals surface area (Å²) in [6.07, 6.45) is 0. The van der Waals surface area contributed by atoms with Crippen molar-refractivity contribution in [2.24, 2.45) is 0 Å². The maximum Gasteiger partial charge on any atom is 0.195 e. The minimum absolute atomic E-state index is 0.551. The molecule has 3 nitrogen and oxygen atoms in total. The third kappa shape index (κ3) is 2.68. The SMILES string of the molecule is COc1ccc(-c2nc3sc4c(Cl)c(Cl)ccc4n3c2-c2ccccc2)cc1. The van der Waals surface area contributed by atoms with Crippen LogP contribution < -0.4 is 4.74 Å². The fourth-order valence-corrected chi connectivity index (χ4v) is 4.94. The van der Waals surface area contributed by atoms with Crippen LogP contribution in [0.3, 0.4) is 0 Å². The molecule has 0 aliphatic heterocycles. The summed E-state index contributed by atoms with van der Waals surface area (Å²) in [5, 5.41) is 1.12. The summed E-state index contributed by atoms with van der Waals surface area (Å²) >= 11 is 14.2. The number of methoxy groups -OCH3 is 1. The number of hydrogen-bond donors (Lipinski definition) is 0. The first-order chi connectivity index (χ1) is 13.7. The lowest BCUT2D eigenvalue weighted by Crippen LogP contribution is -1.89. The zero-order valence-corrected chi connectivity index (χ0v) is 17.1. The monoisotopic (exact) mass is 424 g/mol. The lowest BCUT2D eigenvalue weighted by atomic mass is 10.0. The van der Waals surface area contributed by atoms with Gasteiger partial charge in [-0.05, 0) is 36.4 Å². The second-order valence-corrected chi connectivity index (χ2v) is 8.10. The fraction of sp³-hybridized carbons (Fsp3) is 0.0455. The van der Waals surface area contributed by atoms with E-state index >= 15 is 0 Å². The number of ether oxygens (including phenoxy) is 1. The van der Waals surface area contributed by atoms with Crippen LogP contribution in [0.4, 0.5) is 0 Å². The molecule has 5 aromatic rings. The molecule has 2 aromatic heterocycles. The van der Waals surface area contributed by atoms with Crippen molar-refractivity contribution in [1.29, 1.82) is 0 Å². The Bertz CT molecular complexity index is 1310. The first-order valence-corrected chi connectivity index (χ1v) is 10.2. The number of aromatic nitrogens is 2. The molecule has 0 unspecified atom stereocenters. The molecule has 2 heterocycles. The van der Waals surface area contributed by atoms with E-state index in [0.717, 1.165) is 43.4 Å². The zero-order chi connectivity index (χ0) is 19.3. The van der Waals surface area contributed by atoms with Crippen LogP contribution in [-0.2, 0) is 0 Å². The second kappa shape index (κ2) is 6.82. The van der Waals surface area contributed by atoms with Gasteiger partial charge in [-0.1, -0.05) is 64.9 Å². The van der Waals surface area contributed by atoms with Crippen molar-refractivity contribution in [3.8, 4) is 28.3 Å². The molecule has 0 atom stereocenters. The highest BCUT2D eigenvalue weighted by Crippen LogP contribution is 2.42. The number of halogens is 2. The average molecular weight is 425 g/mol. The Hall–Kier alpha value is -2.53. The maximum atomic E-state index is 6.47. The van der Waals surface area contributed by atoms with E-state index in [-0.39, 0.29) is 0 Å². The molecular weight excluding hydrogens is 411 g/mol. The topological polar surface area (TPSA) is 26.5 Å². The van der Waals surface area contributed by atoms with E-state index in [4.69, 9.17) is 32.9 Å². The van der Waals surface area contributed by atoms with Gasteiger partial charge in [0.05, 0.1) is 38.8 Å². The Kier molecular flexibility index (Phi) is 4.27. The van der Waals surface area contributed by atoms with Gasteiger partial charge in [0.1, 0.15) is 5.75 Å². The van der Waals surface area contributed by atoms with E-state index in [0.29, 0.717) is 10.0 Å². The summed E-state index contributed by atoms with van der Waals surface area (Å²) in [4.78, 5) is 5.84. The summed E-state index contributed by atoms with van der Waals surface area (Å²) < 4.78 is 8.40. The number of nitrogens with zero attached hydrogens (tertiary/aromatic N) is 2. The van der Waals surface area contributed by atoms with Crippen LogP contribution in [0, 0.1) is 0 Å². The van der Waals surface area contributed by atoms with Gasteiger partial charge in [0.2, 0.25) is 0 Å². The first-order valence-electron chi connectivity index (χ1n) is 8.66. The smallest absolute Gasteiger partial charge is 0.195 e. The standard InChI is InChI=1S/C22H14Cl2N2OS/c1-27-15-9-7-13(8-10-15)19-20(14-5-3-2-4-6-14)26-17-12-11-16(23)18(24)21(17)28-22(26)25-19/h2-12H,1H3. The van der Waals surface area contributed by atoms with Gasteiger partial charge in [-0.3, -0.25) is 4.40 Å². The molecule has 6 heteroatoms. The molecule has 0 N–H and O–H groups in total. The Morgan fingerprint density at radius 1 is 0.893 bits per heavy atom. The third-order valence-corrected chi connectivity index (χ3v) is 6.71. The van der Waals surface area contributed by atoms with Crippen LogP contribution in [0.25, 0.3) is 37.7 Å². The summed E-state index contributed by atoms with van der Waals surface area (Å²) in [5.41, 5.74) is 5.08. The van der Waals surface area contributed by atoms with Crippen molar-refractivity contribution in [1.82, 2.24) is 9.38 Å². The summed E-state index contributed by atoms with van der Waals surface area (Å²) in [5.74, 6) is 0.818. The quantitative estimate of drug-likeness (QED) is 0.306. The normalized spacial score (nSPS) is 11.4. The second-order valence-electron chi connectivity index (χ2n) is 6.33. The van der Waals surface area contributed by atoms with Gasteiger partial charge in [0.25, 0.3) is 0 Å². The summed E-state index contributed by atoms with van der Waals surface area (Å²) in [6, 6.07) is 22.1. The van der Waals surface area contributed by atoms with Crippen molar-refractivity contribution < 1.29 is 4.74 Å². The minimum Gasteiger partial charge on any atom is -0.497 e. The van der Waals surface area contributed by atoms with Gasteiger partial charge in [-0.2, -0.15) is 0 Å². The highest BCUT2D eigenvalue weighted by Gasteiger charge is 2.21. The molecule has 0 fully saturated rings. The van der Waals surface area contributed by atoms with Crippen molar-refractivity contribution in [3.05, 3.63) is 76.8 Å². The van der Waals surface area contributed by atoms with Gasteiger partial charge in [-0.25, -0.2) is 4.98 Å². The molecule has 0 radical (unpaired) electrons. The van der Waals surface area contributed by atoms with Crippen molar-refractivity contribution in [2.75, 3.05) is 7.11 Å². The van der Waals surface area contributed by atoms with Gasteiger partial charge >= 0.3 is 0 Å². The Morgan fingerprint density at radius 2 is 1.64 bits per heavy atom. The zero-order valence-electron chi connectivity index (χ0n) is 14.8. The number of hydrogen-bond acceptors (Lipinski definition) is 3. The van der Waals surface area contributed by atoms with Crippen LogP contribution >= 0.6 is 34.5 Å². The number of imidazole rings is 1. The summed E-state index contributed by atoms with van der Waals surface area (Å²) in [7, 11) is 1.66. The molecule has 5 rings (SSSR count). The maximum absolute atomic E-state index is 6.47. The third-order valence-electron chi connectivity index (χ3n) is 4.72. The predicted molar refractivity (Wildman–Crippen MR) is 118 cm³/mol. The van der Waals surface area contributed by atoms with Gasteiger partial charge in [-0.15, -0.1) is 0 Å². The molecule has 0 saturated carbocycles. The Balaban J connectivity index is 1.86. The van der Waals surface area contributed by atoms with Gasteiger partial charge in [0, 0.05) is 11.1 Å². The fourth-order valence-electron chi connectivity index (χ4n) is 3.39. The molecule has 0 saturated heterocycles. The Labute approximate surface area is 175 Å². The van der Waals surface area contributed by atoms with Crippen LogP contribution in [0.15, 0.2) is 66.7 Å². The molecule has 0 spiro atoms. The van der Waals surface area contributed by atoms with E-state index in [1.165, 1.54) is 0 Å². The van der Waals surface area contributed by atoms with E-state index in [9.17, 15) is 0 Å². The van der Waals surface area contributed by atoms with E-state index in [1.807, 2.05) is 54.6 Å². The molecule has 0 bridgehead atoms. The highest BCUT2D eigenvalue weighted by molar-refractivity contribution is 7.24. The number of thiazole rings is 1. The van der Waals surface area contributed by atoms with E-state index < -0.39 is 0 Å². The lowest BCUT2D eigenvalue weighted by molar-refractivity contribution is 0.415. The first kappa shape index (κ1) is 17.6. The molecule has 0 aliphatic rings. The Morgan fingerprint density at radius 3 is 2.36 bits per heavy atom. The van der Waals surface area contributed by atoms with Crippen LogP contribution in [0.2, 0.25) is 10.0 Å². The molecule has 3 aromatic carbocycles. The largest absolute Gasteiger partial charge is 0.497 e.